The fraction of sp³-hybridized carbons (Fsp3) is 0.465. The zero-order chi connectivity index (χ0) is 38.6. The highest BCUT2D eigenvalue weighted by molar-refractivity contribution is 6.04. The average Bonchev–Trinajstić information content (AvgIpc) is 4.01. The average molecular weight is 760 g/mol. The van der Waals surface area contributed by atoms with Crippen LogP contribution in [0.3, 0.4) is 0 Å². The number of benzene rings is 3. The second-order valence-corrected chi connectivity index (χ2v) is 15.9. The molecule has 2 bridgehead atoms. The lowest BCUT2D eigenvalue weighted by atomic mass is 9.83. The highest BCUT2D eigenvalue weighted by Gasteiger charge is 2.55. The number of carbonyl (C=O) groups excluding carboxylic acids is 2. The summed E-state index contributed by atoms with van der Waals surface area (Å²) < 4.78 is 62.5. The van der Waals surface area contributed by atoms with Crippen LogP contribution in [0.1, 0.15) is 78.4 Å². The lowest BCUT2D eigenvalue weighted by molar-refractivity contribution is -0.138. The molecule has 8 rings (SSSR count). The van der Waals surface area contributed by atoms with E-state index in [1.165, 1.54) is 32.2 Å². The lowest BCUT2D eigenvalue weighted by Crippen LogP contribution is -2.48. The minimum Gasteiger partial charge on any atom is -0.496 e. The molecule has 4 saturated carbocycles. The Bertz CT molecular complexity index is 2060. The van der Waals surface area contributed by atoms with Crippen molar-refractivity contribution in [1.82, 2.24) is 5.32 Å². The van der Waals surface area contributed by atoms with Crippen LogP contribution in [0.5, 0.6) is 5.75 Å². The van der Waals surface area contributed by atoms with Gasteiger partial charge >= 0.3 is 6.18 Å². The molecule has 12 heteroatoms. The van der Waals surface area contributed by atoms with Crippen molar-refractivity contribution < 1.29 is 41.8 Å². The van der Waals surface area contributed by atoms with E-state index >= 15 is 4.39 Å². The fourth-order valence-corrected chi connectivity index (χ4v) is 9.95. The van der Waals surface area contributed by atoms with E-state index in [4.69, 9.17) is 9.57 Å². The molecule has 7 atom stereocenters. The Morgan fingerprint density at radius 2 is 1.73 bits per heavy atom. The number of fused-ring (bicyclic) bond motifs is 3. The minimum absolute atomic E-state index is 0.00939. The van der Waals surface area contributed by atoms with Crippen LogP contribution in [0.25, 0.3) is 11.1 Å². The monoisotopic (exact) mass is 759 g/mol. The molecular weight excluding hydrogens is 714 g/mol. The molecule has 3 aromatic carbocycles. The third-order valence-corrected chi connectivity index (χ3v) is 12.7. The predicted molar refractivity (Wildman–Crippen MR) is 199 cm³/mol. The van der Waals surface area contributed by atoms with Gasteiger partial charge in [-0.2, -0.15) is 13.2 Å². The molecule has 4 aliphatic carbocycles. The van der Waals surface area contributed by atoms with E-state index in [0.717, 1.165) is 56.6 Å². The van der Waals surface area contributed by atoms with Crippen LogP contribution in [-0.2, 0) is 15.8 Å². The summed E-state index contributed by atoms with van der Waals surface area (Å²) >= 11 is 0. The molecule has 3 aromatic rings. The number of aliphatic hydroxyl groups is 1. The molecule has 4 fully saturated rings. The number of allylic oxidation sites excluding steroid dienone is 1. The van der Waals surface area contributed by atoms with Crippen LogP contribution < -0.4 is 15.4 Å². The number of ether oxygens (including phenoxy) is 1. The van der Waals surface area contributed by atoms with Gasteiger partial charge in [0.15, 0.2) is 0 Å². The summed E-state index contributed by atoms with van der Waals surface area (Å²) in [6.45, 7) is 1.44. The third kappa shape index (κ3) is 7.02. The minimum atomic E-state index is -4.58. The number of oxime groups is 1. The molecule has 0 aromatic heterocycles. The SMILES string of the molecule is COc1ccc(-c2cc(C3=NOC4CC(CO)CC34)ccc2F)cc1C(=O)NC1C2CCC(C2=CC2CCCC2)[C@@H]1C(=O)Nc1ccc(C)c(C(F)(F)F)c1. The first kappa shape index (κ1) is 37.2. The van der Waals surface area contributed by atoms with Crippen LogP contribution in [-0.4, -0.2) is 48.5 Å². The zero-order valence-electron chi connectivity index (χ0n) is 30.8. The Morgan fingerprint density at radius 3 is 2.47 bits per heavy atom. The number of carbonyl (C=O) groups is 2. The Hall–Kier alpha value is -4.71. The molecule has 1 heterocycles. The van der Waals surface area contributed by atoms with Gasteiger partial charge in [0.1, 0.15) is 17.7 Å². The number of hydrogen-bond acceptors (Lipinski definition) is 6. The van der Waals surface area contributed by atoms with E-state index in [-0.39, 0.29) is 64.5 Å². The number of amides is 2. The van der Waals surface area contributed by atoms with Gasteiger partial charge in [0.05, 0.1) is 29.9 Å². The Morgan fingerprint density at radius 1 is 0.964 bits per heavy atom. The molecule has 55 heavy (non-hydrogen) atoms. The molecule has 6 unspecified atom stereocenters. The second-order valence-electron chi connectivity index (χ2n) is 15.9. The fourth-order valence-electron chi connectivity index (χ4n) is 9.95. The van der Waals surface area contributed by atoms with Gasteiger partial charge in [-0.1, -0.05) is 47.8 Å². The van der Waals surface area contributed by atoms with Crippen LogP contribution in [0.2, 0.25) is 0 Å². The Balaban J connectivity index is 1.09. The zero-order valence-corrected chi connectivity index (χ0v) is 30.8. The van der Waals surface area contributed by atoms with Crippen molar-refractivity contribution >= 4 is 23.2 Å². The number of aryl methyl sites for hydroxylation is 1. The largest absolute Gasteiger partial charge is 0.496 e. The van der Waals surface area contributed by atoms with Crippen LogP contribution >= 0.6 is 0 Å². The standard InChI is InChI=1S/C43H45F4N3O5/c1-22-7-10-27(20-34(22)43(45,46)47)48-42(53)38-28-11-12-29(31(28)15-23-5-3-4-6-23)40(38)49-41(52)33-18-25(9-14-36(33)54-2)30-19-26(8-13-35(30)44)39-32-16-24(21-51)17-37(32)55-50-39/h7-10,13-15,18-20,23-24,28-29,32,37-38,40,51H,3-6,11-12,16-17,21H2,1-2H3,(H,48,53)(H,49,52)/t24?,28?,29?,32?,37?,38-,40?/m0/s1. The van der Waals surface area contributed by atoms with Crippen LogP contribution in [0.15, 0.2) is 71.4 Å². The summed E-state index contributed by atoms with van der Waals surface area (Å²) in [4.78, 5) is 34.2. The van der Waals surface area contributed by atoms with Crippen molar-refractivity contribution in [3.8, 4) is 16.9 Å². The van der Waals surface area contributed by atoms with Gasteiger partial charge in [0, 0.05) is 41.3 Å². The summed E-state index contributed by atoms with van der Waals surface area (Å²) in [6.07, 6.45) is 4.91. The van der Waals surface area contributed by atoms with E-state index in [1.807, 2.05) is 0 Å². The topological polar surface area (TPSA) is 109 Å². The number of nitrogens with one attached hydrogen (secondary N) is 2. The van der Waals surface area contributed by atoms with Gasteiger partial charge in [0.2, 0.25) is 5.91 Å². The molecule has 8 nitrogen and oxygen atoms in total. The number of nitrogens with zero attached hydrogens (tertiary/aromatic N) is 1. The van der Waals surface area contributed by atoms with Crippen molar-refractivity contribution in [2.75, 3.05) is 19.0 Å². The van der Waals surface area contributed by atoms with Crippen molar-refractivity contribution in [1.29, 1.82) is 0 Å². The van der Waals surface area contributed by atoms with Gasteiger partial charge in [-0.25, -0.2) is 4.39 Å². The number of rotatable bonds is 9. The molecular formula is C43H45F4N3O5. The highest BCUT2D eigenvalue weighted by Crippen LogP contribution is 2.54. The third-order valence-electron chi connectivity index (χ3n) is 12.7. The molecule has 5 aliphatic rings. The maximum atomic E-state index is 15.6. The van der Waals surface area contributed by atoms with Crippen molar-refractivity contribution in [2.45, 2.75) is 76.6 Å². The summed E-state index contributed by atoms with van der Waals surface area (Å²) in [7, 11) is 1.44. The summed E-state index contributed by atoms with van der Waals surface area (Å²) in [6, 6.07) is 12.7. The highest BCUT2D eigenvalue weighted by atomic mass is 19.4. The quantitative estimate of drug-likeness (QED) is 0.150. The molecule has 3 N–H and O–H groups in total. The summed E-state index contributed by atoms with van der Waals surface area (Å²) in [5.74, 6) is -1.67. The molecule has 290 valence electrons. The lowest BCUT2D eigenvalue weighted by Gasteiger charge is -2.30. The van der Waals surface area contributed by atoms with Gasteiger partial charge in [0.25, 0.3) is 5.91 Å². The van der Waals surface area contributed by atoms with E-state index in [0.29, 0.717) is 29.2 Å². The van der Waals surface area contributed by atoms with E-state index in [1.54, 1.807) is 30.3 Å². The van der Waals surface area contributed by atoms with Crippen LogP contribution in [0.4, 0.5) is 23.2 Å². The number of halogens is 4. The molecule has 1 aliphatic heterocycles. The van der Waals surface area contributed by atoms with Gasteiger partial charge in [-0.05, 0) is 111 Å². The molecule has 2 amide bonds. The smallest absolute Gasteiger partial charge is 0.416 e. The first-order chi connectivity index (χ1) is 26.4. The Labute approximate surface area is 317 Å². The van der Waals surface area contributed by atoms with Gasteiger partial charge in [-0.3, -0.25) is 9.59 Å². The number of hydrogen-bond donors (Lipinski definition) is 3. The van der Waals surface area contributed by atoms with Crippen molar-refractivity contribution in [3.63, 3.8) is 0 Å². The molecule has 0 radical (unpaired) electrons. The first-order valence-corrected chi connectivity index (χ1v) is 19.3. The first-order valence-electron chi connectivity index (χ1n) is 19.3. The summed E-state index contributed by atoms with van der Waals surface area (Å²) in [5.41, 5.74) is 2.67. The van der Waals surface area contributed by atoms with Gasteiger partial charge in [-0.15, -0.1) is 0 Å². The normalized spacial score (nSPS) is 27.9. The van der Waals surface area contributed by atoms with Crippen molar-refractivity contribution in [2.24, 2.45) is 40.7 Å². The number of alkyl halides is 3. The van der Waals surface area contributed by atoms with E-state index < -0.39 is 41.3 Å². The van der Waals surface area contributed by atoms with E-state index in [2.05, 4.69) is 21.9 Å². The number of aliphatic hydroxyl groups excluding tert-OH is 1. The number of methoxy groups -OCH3 is 1. The molecule has 0 spiro atoms. The Kier molecular flexibility index (Phi) is 9.98. The van der Waals surface area contributed by atoms with Gasteiger partial charge < -0.3 is 25.3 Å². The second kappa shape index (κ2) is 14.7. The van der Waals surface area contributed by atoms with Crippen molar-refractivity contribution in [3.05, 3.63) is 94.3 Å². The molecule has 0 saturated heterocycles. The maximum Gasteiger partial charge on any atom is 0.416 e. The number of anilines is 1. The predicted octanol–water partition coefficient (Wildman–Crippen LogP) is 8.46. The summed E-state index contributed by atoms with van der Waals surface area (Å²) in [5, 5.41) is 19.9. The maximum absolute atomic E-state index is 15.6. The van der Waals surface area contributed by atoms with E-state index in [9.17, 15) is 27.9 Å². The van der Waals surface area contributed by atoms with Crippen LogP contribution in [0, 0.1) is 48.2 Å².